The van der Waals surface area contributed by atoms with Crippen LogP contribution in [-0.2, 0) is 6.42 Å². The SMILES string of the molecule is CN1CCc2c([nH]c3ccccc23)C1c1ccc(NC(=O)c2ccccc2)cc1. The molecule has 0 saturated heterocycles. The first kappa shape index (κ1) is 17.7. The first-order valence-electron chi connectivity index (χ1n) is 9.97. The Morgan fingerprint density at radius 3 is 2.48 bits per heavy atom. The van der Waals surface area contributed by atoms with Gasteiger partial charge in [-0.3, -0.25) is 9.69 Å². The highest BCUT2D eigenvalue weighted by Crippen LogP contribution is 2.37. The highest BCUT2D eigenvalue weighted by Gasteiger charge is 2.29. The van der Waals surface area contributed by atoms with E-state index in [1.807, 2.05) is 42.5 Å². The minimum absolute atomic E-state index is 0.0916. The van der Waals surface area contributed by atoms with E-state index in [1.54, 1.807) is 0 Å². The summed E-state index contributed by atoms with van der Waals surface area (Å²) in [7, 11) is 2.17. The van der Waals surface area contributed by atoms with Gasteiger partial charge in [-0.2, -0.15) is 0 Å². The van der Waals surface area contributed by atoms with Gasteiger partial charge in [0.1, 0.15) is 0 Å². The minimum Gasteiger partial charge on any atom is -0.357 e. The van der Waals surface area contributed by atoms with Crippen LogP contribution in [0.5, 0.6) is 0 Å². The Labute approximate surface area is 170 Å². The van der Waals surface area contributed by atoms with Crippen LogP contribution in [0, 0.1) is 0 Å². The maximum Gasteiger partial charge on any atom is 0.255 e. The van der Waals surface area contributed by atoms with Gasteiger partial charge in [-0.25, -0.2) is 0 Å². The normalized spacial score (nSPS) is 16.5. The third kappa shape index (κ3) is 3.22. The predicted octanol–water partition coefficient (Wildman–Crippen LogP) is 5.00. The Morgan fingerprint density at radius 1 is 0.966 bits per heavy atom. The highest BCUT2D eigenvalue weighted by molar-refractivity contribution is 6.04. The molecule has 0 bridgehead atoms. The van der Waals surface area contributed by atoms with E-state index in [0.717, 1.165) is 18.7 Å². The molecular formula is C25H23N3O. The summed E-state index contributed by atoms with van der Waals surface area (Å²) in [6, 6.07) is 26.2. The van der Waals surface area contributed by atoms with Gasteiger partial charge < -0.3 is 10.3 Å². The maximum absolute atomic E-state index is 12.4. The van der Waals surface area contributed by atoms with Crippen molar-refractivity contribution >= 4 is 22.5 Å². The molecule has 0 saturated carbocycles. The van der Waals surface area contributed by atoms with Gasteiger partial charge in [-0.05, 0) is 54.9 Å². The van der Waals surface area contributed by atoms with Crippen LogP contribution in [0.25, 0.3) is 10.9 Å². The molecule has 1 amide bonds. The summed E-state index contributed by atoms with van der Waals surface area (Å²) >= 11 is 0. The number of carbonyl (C=O) groups is 1. The van der Waals surface area contributed by atoms with Crippen molar-refractivity contribution in [1.82, 2.24) is 9.88 Å². The molecule has 0 fully saturated rings. The topological polar surface area (TPSA) is 48.1 Å². The molecule has 1 aliphatic rings. The van der Waals surface area contributed by atoms with E-state index in [9.17, 15) is 4.79 Å². The third-order valence-corrected chi connectivity index (χ3v) is 5.80. The minimum atomic E-state index is -0.0916. The van der Waals surface area contributed by atoms with Crippen LogP contribution >= 0.6 is 0 Å². The molecule has 1 unspecified atom stereocenters. The Bertz CT molecular complexity index is 1160. The van der Waals surface area contributed by atoms with E-state index in [4.69, 9.17) is 0 Å². The number of amides is 1. The summed E-state index contributed by atoms with van der Waals surface area (Å²) in [4.78, 5) is 18.4. The zero-order chi connectivity index (χ0) is 19.8. The van der Waals surface area contributed by atoms with E-state index in [2.05, 4.69) is 58.6 Å². The largest absolute Gasteiger partial charge is 0.357 e. The van der Waals surface area contributed by atoms with Crippen molar-refractivity contribution in [3.63, 3.8) is 0 Å². The van der Waals surface area contributed by atoms with Crippen LogP contribution in [0.2, 0.25) is 0 Å². The van der Waals surface area contributed by atoms with Gasteiger partial charge in [0.05, 0.1) is 6.04 Å². The van der Waals surface area contributed by atoms with Gasteiger partial charge >= 0.3 is 0 Å². The van der Waals surface area contributed by atoms with E-state index in [-0.39, 0.29) is 11.9 Å². The van der Waals surface area contributed by atoms with Gasteiger partial charge in [0.2, 0.25) is 0 Å². The second-order valence-corrected chi connectivity index (χ2v) is 7.64. The highest BCUT2D eigenvalue weighted by atomic mass is 16.1. The molecule has 4 nitrogen and oxygen atoms in total. The number of aromatic amines is 1. The summed E-state index contributed by atoms with van der Waals surface area (Å²) in [5, 5.41) is 4.31. The fourth-order valence-corrected chi connectivity index (χ4v) is 4.32. The second-order valence-electron chi connectivity index (χ2n) is 7.64. The van der Waals surface area contributed by atoms with E-state index >= 15 is 0 Å². The Morgan fingerprint density at radius 2 is 1.69 bits per heavy atom. The number of carbonyl (C=O) groups excluding carboxylic acids is 1. The molecule has 1 atom stereocenters. The molecule has 4 aromatic rings. The summed E-state index contributed by atoms with van der Waals surface area (Å²) in [6.07, 6.45) is 1.05. The van der Waals surface area contributed by atoms with Crippen LogP contribution in [0.15, 0.2) is 78.9 Å². The number of fused-ring (bicyclic) bond motifs is 3. The Balaban J connectivity index is 1.44. The van der Waals surface area contributed by atoms with Gasteiger partial charge in [-0.15, -0.1) is 0 Å². The van der Waals surface area contributed by atoms with Crippen molar-refractivity contribution in [3.8, 4) is 0 Å². The number of H-pyrrole nitrogens is 1. The lowest BCUT2D eigenvalue weighted by Crippen LogP contribution is -2.32. The molecule has 2 N–H and O–H groups in total. The zero-order valence-corrected chi connectivity index (χ0v) is 16.4. The molecule has 1 aliphatic heterocycles. The molecule has 4 heteroatoms. The fourth-order valence-electron chi connectivity index (χ4n) is 4.32. The molecule has 2 heterocycles. The molecular weight excluding hydrogens is 358 g/mol. The first-order valence-corrected chi connectivity index (χ1v) is 9.97. The maximum atomic E-state index is 12.4. The summed E-state index contributed by atoms with van der Waals surface area (Å²) in [5.41, 5.74) is 6.58. The first-order chi connectivity index (χ1) is 14.2. The van der Waals surface area contributed by atoms with Gasteiger partial charge in [0.15, 0.2) is 0 Å². The lowest BCUT2D eigenvalue weighted by molar-refractivity contribution is 0.102. The average molecular weight is 381 g/mol. The number of rotatable bonds is 3. The van der Waals surface area contributed by atoms with Gasteiger partial charge in [-0.1, -0.05) is 48.5 Å². The van der Waals surface area contributed by atoms with Crippen molar-refractivity contribution < 1.29 is 4.79 Å². The number of anilines is 1. The summed E-state index contributed by atoms with van der Waals surface area (Å²) in [6.45, 7) is 1.02. The molecule has 29 heavy (non-hydrogen) atoms. The standard InChI is InChI=1S/C25H23N3O/c1-28-16-15-21-20-9-5-6-10-22(20)27-23(21)24(28)17-11-13-19(14-12-17)26-25(29)18-7-3-2-4-8-18/h2-14,24,27H,15-16H2,1H3,(H,26,29). The lowest BCUT2D eigenvalue weighted by Gasteiger charge is -2.33. The van der Waals surface area contributed by atoms with Crippen LogP contribution in [0.3, 0.4) is 0 Å². The van der Waals surface area contributed by atoms with Crippen molar-refractivity contribution in [3.05, 3.63) is 101 Å². The van der Waals surface area contributed by atoms with Crippen LogP contribution in [0.1, 0.15) is 33.2 Å². The van der Waals surface area contributed by atoms with E-state index < -0.39 is 0 Å². The molecule has 0 aliphatic carbocycles. The molecule has 144 valence electrons. The number of hydrogen-bond acceptors (Lipinski definition) is 2. The number of benzene rings is 3. The average Bonchev–Trinajstić information content (AvgIpc) is 3.13. The van der Waals surface area contributed by atoms with Crippen LogP contribution < -0.4 is 5.32 Å². The van der Waals surface area contributed by atoms with E-state index in [0.29, 0.717) is 5.56 Å². The number of aromatic nitrogens is 1. The molecule has 0 spiro atoms. The van der Waals surface area contributed by atoms with Crippen molar-refractivity contribution in [1.29, 1.82) is 0 Å². The Kier molecular flexibility index (Phi) is 4.41. The van der Waals surface area contributed by atoms with Gasteiger partial charge in [0, 0.05) is 34.4 Å². The predicted molar refractivity (Wildman–Crippen MR) is 117 cm³/mol. The molecule has 1 aromatic heterocycles. The Hall–Kier alpha value is -3.37. The quantitative estimate of drug-likeness (QED) is 0.525. The number of nitrogens with zero attached hydrogens (tertiary/aromatic N) is 1. The second kappa shape index (κ2) is 7.22. The van der Waals surface area contributed by atoms with Gasteiger partial charge in [0.25, 0.3) is 5.91 Å². The van der Waals surface area contributed by atoms with Crippen molar-refractivity contribution in [2.45, 2.75) is 12.5 Å². The summed E-state index contributed by atoms with van der Waals surface area (Å²) in [5.74, 6) is -0.0916. The number of likely N-dealkylation sites (N-methyl/N-ethyl adjacent to an activating group) is 1. The van der Waals surface area contributed by atoms with Crippen LogP contribution in [-0.4, -0.2) is 29.4 Å². The third-order valence-electron chi connectivity index (χ3n) is 5.80. The molecule has 3 aromatic carbocycles. The number of nitrogens with one attached hydrogen (secondary N) is 2. The fraction of sp³-hybridized carbons (Fsp3) is 0.160. The van der Waals surface area contributed by atoms with Crippen molar-refractivity contribution in [2.24, 2.45) is 0 Å². The van der Waals surface area contributed by atoms with Crippen LogP contribution in [0.4, 0.5) is 5.69 Å². The monoisotopic (exact) mass is 381 g/mol. The number of para-hydroxylation sites is 1. The van der Waals surface area contributed by atoms with Crippen molar-refractivity contribution in [2.75, 3.05) is 18.9 Å². The summed E-state index contributed by atoms with van der Waals surface area (Å²) < 4.78 is 0. The lowest BCUT2D eigenvalue weighted by atomic mass is 9.93. The number of hydrogen-bond donors (Lipinski definition) is 2. The van der Waals surface area contributed by atoms with E-state index in [1.165, 1.54) is 27.7 Å². The molecule has 0 radical (unpaired) electrons. The molecule has 5 rings (SSSR count). The zero-order valence-electron chi connectivity index (χ0n) is 16.4. The smallest absolute Gasteiger partial charge is 0.255 e.